The Bertz CT molecular complexity index is 687. The topological polar surface area (TPSA) is 70.5 Å². The molecule has 1 aromatic heterocycles. The van der Waals surface area contributed by atoms with Gasteiger partial charge in [0.15, 0.2) is 0 Å². The van der Waals surface area contributed by atoms with E-state index in [0.717, 1.165) is 5.56 Å². The zero-order valence-electron chi connectivity index (χ0n) is 11.8. The summed E-state index contributed by atoms with van der Waals surface area (Å²) in [6, 6.07) is 10.5. The first-order chi connectivity index (χ1) is 10.0. The van der Waals surface area contributed by atoms with E-state index >= 15 is 0 Å². The average Bonchev–Trinajstić information content (AvgIpc) is 2.48. The van der Waals surface area contributed by atoms with Crippen LogP contribution < -0.4 is 0 Å². The van der Waals surface area contributed by atoms with Crippen LogP contribution >= 0.6 is 0 Å². The minimum atomic E-state index is -3.41. The Hall–Kier alpha value is -1.76. The van der Waals surface area contributed by atoms with Gasteiger partial charge >= 0.3 is 0 Å². The van der Waals surface area contributed by atoms with Gasteiger partial charge in [-0.1, -0.05) is 24.3 Å². The van der Waals surface area contributed by atoms with E-state index in [-0.39, 0.29) is 12.4 Å². The van der Waals surface area contributed by atoms with Gasteiger partial charge in [0.2, 0.25) is 10.0 Å². The summed E-state index contributed by atoms with van der Waals surface area (Å²) in [6.07, 6.45) is 3.28. The van der Waals surface area contributed by atoms with Crippen LogP contribution in [-0.4, -0.2) is 29.9 Å². The van der Waals surface area contributed by atoms with E-state index in [1.165, 1.54) is 4.31 Å². The number of pyridine rings is 1. The largest absolute Gasteiger partial charge is 0.392 e. The second-order valence-corrected chi connectivity index (χ2v) is 6.92. The molecular formula is C15H18N2O3S. The van der Waals surface area contributed by atoms with Crippen molar-refractivity contribution < 1.29 is 13.5 Å². The second-order valence-electron chi connectivity index (χ2n) is 4.85. The van der Waals surface area contributed by atoms with Gasteiger partial charge in [-0.05, 0) is 28.8 Å². The first-order valence-electron chi connectivity index (χ1n) is 6.53. The van der Waals surface area contributed by atoms with Crippen LogP contribution in [0.1, 0.15) is 16.7 Å². The Morgan fingerprint density at radius 2 is 1.76 bits per heavy atom. The number of rotatable bonds is 6. The van der Waals surface area contributed by atoms with Gasteiger partial charge in [0.1, 0.15) is 0 Å². The lowest BCUT2D eigenvalue weighted by atomic mass is 10.1. The summed E-state index contributed by atoms with van der Waals surface area (Å²) in [7, 11) is -1.84. The molecule has 0 saturated heterocycles. The molecular weight excluding hydrogens is 288 g/mol. The van der Waals surface area contributed by atoms with E-state index in [9.17, 15) is 8.42 Å². The van der Waals surface area contributed by atoms with Gasteiger partial charge in [-0.25, -0.2) is 12.7 Å². The van der Waals surface area contributed by atoms with Crippen LogP contribution in [-0.2, 0) is 28.9 Å². The lowest BCUT2D eigenvalue weighted by Crippen LogP contribution is -2.27. The van der Waals surface area contributed by atoms with Crippen molar-refractivity contribution in [2.24, 2.45) is 0 Å². The minimum absolute atomic E-state index is 0.0809. The number of hydrogen-bond acceptors (Lipinski definition) is 4. The zero-order chi connectivity index (χ0) is 15.3. The monoisotopic (exact) mass is 306 g/mol. The molecule has 1 aromatic carbocycles. The number of aliphatic hydroxyl groups is 1. The van der Waals surface area contributed by atoms with Crippen LogP contribution in [0.25, 0.3) is 0 Å². The summed E-state index contributed by atoms with van der Waals surface area (Å²) < 4.78 is 26.0. The van der Waals surface area contributed by atoms with Crippen molar-refractivity contribution in [3.8, 4) is 0 Å². The summed E-state index contributed by atoms with van der Waals surface area (Å²) in [5, 5.41) is 9.10. The predicted molar refractivity (Wildman–Crippen MR) is 80.7 cm³/mol. The Morgan fingerprint density at radius 3 is 2.43 bits per heavy atom. The molecule has 0 aliphatic carbocycles. The molecule has 0 aliphatic rings. The molecule has 21 heavy (non-hydrogen) atoms. The molecule has 2 rings (SSSR count). The molecule has 0 unspecified atom stereocenters. The van der Waals surface area contributed by atoms with Gasteiger partial charge in [-0.3, -0.25) is 4.98 Å². The van der Waals surface area contributed by atoms with Crippen LogP contribution in [0.2, 0.25) is 0 Å². The molecule has 0 spiro atoms. The third-order valence-corrected chi connectivity index (χ3v) is 4.93. The maximum atomic E-state index is 12.4. The molecule has 0 amide bonds. The van der Waals surface area contributed by atoms with Crippen molar-refractivity contribution in [1.82, 2.24) is 9.29 Å². The van der Waals surface area contributed by atoms with Gasteiger partial charge < -0.3 is 5.11 Å². The Balaban J connectivity index is 2.10. The SMILES string of the molecule is CN(Cc1ccncc1)S(=O)(=O)Cc1cccc(CO)c1. The number of benzene rings is 1. The fourth-order valence-corrected chi connectivity index (χ4v) is 3.15. The van der Waals surface area contributed by atoms with Crippen molar-refractivity contribution in [1.29, 1.82) is 0 Å². The fraction of sp³-hybridized carbons (Fsp3) is 0.267. The highest BCUT2D eigenvalue weighted by atomic mass is 32.2. The number of aromatic nitrogens is 1. The van der Waals surface area contributed by atoms with Gasteiger partial charge in [0.05, 0.1) is 12.4 Å². The summed E-state index contributed by atoms with van der Waals surface area (Å²) in [6.45, 7) is 0.214. The van der Waals surface area contributed by atoms with Crippen LogP contribution in [0, 0.1) is 0 Å². The number of aliphatic hydroxyl groups excluding tert-OH is 1. The molecule has 1 N–H and O–H groups in total. The smallest absolute Gasteiger partial charge is 0.218 e. The Labute approximate surface area is 124 Å². The highest BCUT2D eigenvalue weighted by molar-refractivity contribution is 7.88. The first-order valence-corrected chi connectivity index (χ1v) is 8.14. The summed E-state index contributed by atoms with van der Waals surface area (Å²) >= 11 is 0. The average molecular weight is 306 g/mol. The maximum Gasteiger partial charge on any atom is 0.218 e. The van der Waals surface area contributed by atoms with Gasteiger partial charge in [-0.15, -0.1) is 0 Å². The second kappa shape index (κ2) is 6.80. The molecule has 0 fully saturated rings. The Kier molecular flexibility index (Phi) is 5.06. The van der Waals surface area contributed by atoms with Crippen molar-refractivity contribution in [2.75, 3.05) is 7.05 Å². The lowest BCUT2D eigenvalue weighted by molar-refractivity contribution is 0.281. The predicted octanol–water partition coefficient (Wildman–Crippen LogP) is 1.54. The molecule has 1 heterocycles. The van der Waals surface area contributed by atoms with Crippen molar-refractivity contribution >= 4 is 10.0 Å². The van der Waals surface area contributed by atoms with E-state index in [4.69, 9.17) is 5.11 Å². The zero-order valence-corrected chi connectivity index (χ0v) is 12.6. The summed E-state index contributed by atoms with van der Waals surface area (Å²) in [4.78, 5) is 3.91. The third-order valence-electron chi connectivity index (χ3n) is 3.15. The lowest BCUT2D eigenvalue weighted by Gasteiger charge is -2.17. The molecule has 0 bridgehead atoms. The maximum absolute atomic E-state index is 12.4. The van der Waals surface area contributed by atoms with Gasteiger partial charge in [0, 0.05) is 26.0 Å². The highest BCUT2D eigenvalue weighted by Gasteiger charge is 2.18. The van der Waals surface area contributed by atoms with E-state index in [1.807, 2.05) is 0 Å². The molecule has 5 nitrogen and oxygen atoms in total. The fourth-order valence-electron chi connectivity index (χ4n) is 1.98. The normalized spacial score (nSPS) is 11.8. The molecule has 2 aromatic rings. The van der Waals surface area contributed by atoms with Crippen LogP contribution in [0.4, 0.5) is 0 Å². The quantitative estimate of drug-likeness (QED) is 0.879. The van der Waals surface area contributed by atoms with Crippen LogP contribution in [0.15, 0.2) is 48.8 Å². The highest BCUT2D eigenvalue weighted by Crippen LogP contribution is 2.14. The van der Waals surface area contributed by atoms with Crippen LogP contribution in [0.3, 0.4) is 0 Å². The van der Waals surface area contributed by atoms with E-state index in [2.05, 4.69) is 4.98 Å². The summed E-state index contributed by atoms with van der Waals surface area (Å²) in [5.41, 5.74) is 2.27. The molecule has 112 valence electrons. The number of hydrogen-bond donors (Lipinski definition) is 1. The molecule has 0 saturated carbocycles. The van der Waals surface area contributed by atoms with E-state index in [0.29, 0.717) is 17.7 Å². The molecule has 0 atom stereocenters. The molecule has 0 aliphatic heterocycles. The standard InChI is InChI=1S/C15H18N2O3S/c1-17(10-13-5-7-16-8-6-13)21(19,20)12-15-4-2-3-14(9-15)11-18/h2-9,18H,10-12H2,1H3. The van der Waals surface area contributed by atoms with Gasteiger partial charge in [-0.2, -0.15) is 0 Å². The Morgan fingerprint density at radius 1 is 1.10 bits per heavy atom. The van der Waals surface area contributed by atoms with Crippen molar-refractivity contribution in [2.45, 2.75) is 18.9 Å². The minimum Gasteiger partial charge on any atom is -0.392 e. The van der Waals surface area contributed by atoms with E-state index in [1.54, 1.807) is 55.8 Å². The van der Waals surface area contributed by atoms with Gasteiger partial charge in [0.25, 0.3) is 0 Å². The molecule has 0 radical (unpaired) electrons. The van der Waals surface area contributed by atoms with Crippen LogP contribution in [0.5, 0.6) is 0 Å². The summed E-state index contributed by atoms with van der Waals surface area (Å²) in [5.74, 6) is -0.0809. The number of nitrogens with zero attached hydrogens (tertiary/aromatic N) is 2. The third kappa shape index (κ3) is 4.35. The molecule has 6 heteroatoms. The van der Waals surface area contributed by atoms with E-state index < -0.39 is 10.0 Å². The first kappa shape index (κ1) is 15.6. The van der Waals surface area contributed by atoms with Crippen molar-refractivity contribution in [3.63, 3.8) is 0 Å². The number of sulfonamides is 1. The van der Waals surface area contributed by atoms with Crippen molar-refractivity contribution in [3.05, 3.63) is 65.5 Å².